The van der Waals surface area contributed by atoms with E-state index in [9.17, 15) is 4.79 Å². The smallest absolute Gasteiger partial charge is 0.407 e. The number of aliphatic hydroxyl groups excluding tert-OH is 1. The van der Waals surface area contributed by atoms with E-state index in [1.165, 1.54) is 0 Å². The SMILES string of the molecule is CC(C)(C)OC(=O)NCc1ccc(OCCOCCOCCOCCOCCOCCOCCOCCO)cc1. The van der Waals surface area contributed by atoms with Gasteiger partial charge in [-0.3, -0.25) is 0 Å². The second-order valence-electron chi connectivity index (χ2n) is 9.36. The van der Waals surface area contributed by atoms with Gasteiger partial charge in [-0.25, -0.2) is 4.79 Å². The van der Waals surface area contributed by atoms with Crippen molar-refractivity contribution in [2.24, 2.45) is 0 Å². The predicted molar refractivity (Wildman–Crippen MR) is 148 cm³/mol. The van der Waals surface area contributed by atoms with Crippen molar-refractivity contribution in [2.45, 2.75) is 32.9 Å². The zero-order chi connectivity index (χ0) is 29.2. The summed E-state index contributed by atoms with van der Waals surface area (Å²) in [5.74, 6) is 0.733. The van der Waals surface area contributed by atoms with Gasteiger partial charge < -0.3 is 53.1 Å². The Balaban J connectivity index is 1.81. The molecule has 0 saturated heterocycles. The van der Waals surface area contributed by atoms with Gasteiger partial charge in [0.05, 0.1) is 99.1 Å². The third-order valence-corrected chi connectivity index (χ3v) is 4.72. The lowest BCUT2D eigenvalue weighted by atomic mass is 10.2. The lowest BCUT2D eigenvalue weighted by molar-refractivity contribution is -0.0221. The number of carbonyl (C=O) groups is 1. The van der Waals surface area contributed by atoms with Gasteiger partial charge in [0.15, 0.2) is 0 Å². The standard InChI is InChI=1S/C28H49NO11/c1-28(2,3)40-27(31)29-24-25-4-6-26(7-5-25)39-23-22-38-21-20-37-19-18-36-17-16-35-15-14-34-13-12-33-11-10-32-9-8-30/h4-7,30H,8-24H2,1-3H3,(H,29,31). The Labute approximate surface area is 238 Å². The maximum atomic E-state index is 11.7. The molecule has 0 unspecified atom stereocenters. The molecule has 0 fully saturated rings. The van der Waals surface area contributed by atoms with E-state index in [-0.39, 0.29) is 6.61 Å². The third-order valence-electron chi connectivity index (χ3n) is 4.72. The fraction of sp³-hybridized carbons (Fsp3) is 0.750. The highest BCUT2D eigenvalue weighted by atomic mass is 16.6. The highest BCUT2D eigenvalue weighted by Crippen LogP contribution is 2.12. The molecule has 0 radical (unpaired) electrons. The van der Waals surface area contributed by atoms with Crippen LogP contribution in [0.1, 0.15) is 26.3 Å². The molecule has 0 aliphatic heterocycles. The second-order valence-corrected chi connectivity index (χ2v) is 9.36. The highest BCUT2D eigenvalue weighted by Gasteiger charge is 2.15. The average molecular weight is 576 g/mol. The zero-order valence-corrected chi connectivity index (χ0v) is 24.4. The summed E-state index contributed by atoms with van der Waals surface area (Å²) in [6, 6.07) is 7.49. The maximum absolute atomic E-state index is 11.7. The van der Waals surface area contributed by atoms with E-state index in [1.807, 2.05) is 45.0 Å². The topological polar surface area (TPSA) is 132 Å². The van der Waals surface area contributed by atoms with Crippen molar-refractivity contribution in [3.8, 4) is 5.75 Å². The van der Waals surface area contributed by atoms with Crippen LogP contribution < -0.4 is 10.1 Å². The molecule has 12 nitrogen and oxygen atoms in total. The molecule has 1 aromatic carbocycles. The fourth-order valence-corrected chi connectivity index (χ4v) is 2.90. The Morgan fingerprint density at radius 3 is 1.38 bits per heavy atom. The van der Waals surface area contributed by atoms with E-state index in [2.05, 4.69) is 5.32 Å². The summed E-state index contributed by atoms with van der Waals surface area (Å²) in [5, 5.41) is 11.3. The Bertz CT molecular complexity index is 713. The van der Waals surface area contributed by atoms with Crippen LogP contribution in [0.2, 0.25) is 0 Å². The summed E-state index contributed by atoms with van der Waals surface area (Å²) in [6.45, 7) is 13.0. The van der Waals surface area contributed by atoms with Crippen LogP contribution in [0.25, 0.3) is 0 Å². The summed E-state index contributed by atoms with van der Waals surface area (Å²) in [6.07, 6.45) is -0.443. The van der Waals surface area contributed by atoms with Gasteiger partial charge in [-0.05, 0) is 38.5 Å². The molecule has 232 valence electrons. The largest absolute Gasteiger partial charge is 0.491 e. The number of carbonyl (C=O) groups excluding carboxylic acids is 1. The van der Waals surface area contributed by atoms with E-state index in [0.717, 1.165) is 11.3 Å². The first kappa shape index (κ1) is 36.0. The Hall–Kier alpha value is -2.03. The van der Waals surface area contributed by atoms with Crippen LogP contribution in [0.15, 0.2) is 24.3 Å². The molecule has 0 aliphatic rings. The molecule has 0 aliphatic carbocycles. The average Bonchev–Trinajstić information content (AvgIpc) is 2.92. The van der Waals surface area contributed by atoms with Crippen molar-refractivity contribution in [3.05, 3.63) is 29.8 Å². The van der Waals surface area contributed by atoms with Gasteiger partial charge in [-0.2, -0.15) is 0 Å². The van der Waals surface area contributed by atoms with Crippen molar-refractivity contribution >= 4 is 6.09 Å². The molecule has 1 aromatic rings. The molecule has 0 spiro atoms. The van der Waals surface area contributed by atoms with Crippen molar-refractivity contribution in [3.63, 3.8) is 0 Å². The number of rotatable bonds is 26. The number of hydrogen-bond acceptors (Lipinski definition) is 11. The van der Waals surface area contributed by atoms with Gasteiger partial charge in [0.25, 0.3) is 0 Å². The number of aliphatic hydroxyl groups is 1. The van der Waals surface area contributed by atoms with Gasteiger partial charge in [0.1, 0.15) is 18.0 Å². The number of nitrogens with one attached hydrogen (secondary N) is 1. The van der Waals surface area contributed by atoms with Gasteiger partial charge in [-0.1, -0.05) is 12.1 Å². The zero-order valence-electron chi connectivity index (χ0n) is 24.4. The lowest BCUT2D eigenvalue weighted by Gasteiger charge is -2.19. The molecule has 12 heteroatoms. The minimum atomic E-state index is -0.520. The van der Waals surface area contributed by atoms with Crippen molar-refractivity contribution in [1.82, 2.24) is 5.32 Å². The number of benzene rings is 1. The minimum Gasteiger partial charge on any atom is -0.491 e. The Morgan fingerprint density at radius 2 is 1.00 bits per heavy atom. The molecule has 0 saturated carbocycles. The van der Waals surface area contributed by atoms with E-state index in [1.54, 1.807) is 0 Å². The van der Waals surface area contributed by atoms with E-state index >= 15 is 0 Å². The van der Waals surface area contributed by atoms with E-state index in [4.69, 9.17) is 47.7 Å². The molecule has 40 heavy (non-hydrogen) atoms. The summed E-state index contributed by atoms with van der Waals surface area (Å²) in [5.41, 5.74) is 0.429. The summed E-state index contributed by atoms with van der Waals surface area (Å²) in [7, 11) is 0. The van der Waals surface area contributed by atoms with Gasteiger partial charge in [0, 0.05) is 6.54 Å². The molecule has 1 rings (SSSR count). The van der Waals surface area contributed by atoms with Crippen molar-refractivity contribution in [2.75, 3.05) is 106 Å². The second kappa shape index (κ2) is 24.7. The van der Waals surface area contributed by atoms with Crippen LogP contribution in [-0.4, -0.2) is 123 Å². The first-order valence-corrected chi connectivity index (χ1v) is 13.7. The normalized spacial score (nSPS) is 11.5. The third kappa shape index (κ3) is 23.8. The maximum Gasteiger partial charge on any atom is 0.407 e. The number of ether oxygens (including phenoxy) is 9. The molecular formula is C28H49NO11. The highest BCUT2D eigenvalue weighted by molar-refractivity contribution is 5.67. The molecule has 0 aromatic heterocycles. The number of hydrogen-bond donors (Lipinski definition) is 2. The molecule has 0 heterocycles. The summed E-state index contributed by atoms with van der Waals surface area (Å²) in [4.78, 5) is 11.7. The fourth-order valence-electron chi connectivity index (χ4n) is 2.90. The molecule has 1 amide bonds. The molecule has 2 N–H and O–H groups in total. The Morgan fingerprint density at radius 1 is 0.625 bits per heavy atom. The van der Waals surface area contributed by atoms with Gasteiger partial charge >= 0.3 is 6.09 Å². The van der Waals surface area contributed by atoms with E-state index < -0.39 is 11.7 Å². The van der Waals surface area contributed by atoms with Gasteiger partial charge in [0.2, 0.25) is 0 Å². The minimum absolute atomic E-state index is 0.0226. The number of amides is 1. The van der Waals surface area contributed by atoms with Crippen LogP contribution >= 0.6 is 0 Å². The van der Waals surface area contributed by atoms with Crippen LogP contribution in [-0.2, 0) is 44.4 Å². The van der Waals surface area contributed by atoms with Gasteiger partial charge in [-0.15, -0.1) is 0 Å². The first-order valence-electron chi connectivity index (χ1n) is 13.7. The summed E-state index contributed by atoms with van der Waals surface area (Å²) >= 11 is 0. The lowest BCUT2D eigenvalue weighted by Crippen LogP contribution is -2.32. The first-order chi connectivity index (χ1) is 19.4. The van der Waals surface area contributed by atoms with Crippen LogP contribution in [0.3, 0.4) is 0 Å². The molecular weight excluding hydrogens is 526 g/mol. The summed E-state index contributed by atoms with van der Waals surface area (Å²) < 4.78 is 48.5. The van der Waals surface area contributed by atoms with Crippen LogP contribution in [0, 0.1) is 0 Å². The van der Waals surface area contributed by atoms with Crippen LogP contribution in [0.4, 0.5) is 4.79 Å². The van der Waals surface area contributed by atoms with E-state index in [0.29, 0.717) is 106 Å². The van der Waals surface area contributed by atoms with Crippen molar-refractivity contribution < 1.29 is 52.5 Å². The number of alkyl carbamates (subject to hydrolysis) is 1. The monoisotopic (exact) mass is 575 g/mol. The quantitative estimate of drug-likeness (QED) is 0.158. The molecule has 0 bridgehead atoms. The predicted octanol–water partition coefficient (Wildman–Crippen LogP) is 2.20. The Kier molecular flexibility index (Phi) is 22.3. The van der Waals surface area contributed by atoms with Crippen molar-refractivity contribution in [1.29, 1.82) is 0 Å². The molecule has 0 atom stereocenters. The van der Waals surface area contributed by atoms with Crippen LogP contribution in [0.5, 0.6) is 5.75 Å².